The molecule has 4 nitrogen and oxygen atoms in total. The van der Waals surface area contributed by atoms with E-state index < -0.39 is 5.54 Å². The van der Waals surface area contributed by atoms with Gasteiger partial charge in [-0.1, -0.05) is 12.1 Å². The Morgan fingerprint density at radius 3 is 2.59 bits per heavy atom. The highest BCUT2D eigenvalue weighted by atomic mass is 32.1. The molecule has 0 atom stereocenters. The van der Waals surface area contributed by atoms with Crippen LogP contribution in [0.1, 0.15) is 39.8 Å². The van der Waals surface area contributed by atoms with Crippen molar-refractivity contribution >= 4 is 17.2 Å². The summed E-state index contributed by atoms with van der Waals surface area (Å²) < 4.78 is 12.9. The minimum atomic E-state index is -0.676. The molecular weight excluding hydrogens is 303 g/mol. The van der Waals surface area contributed by atoms with Gasteiger partial charge in [-0.2, -0.15) is 0 Å². The maximum atomic E-state index is 12.9. The van der Waals surface area contributed by atoms with Crippen molar-refractivity contribution in [3.63, 3.8) is 0 Å². The molecule has 1 aromatic heterocycles. The maximum Gasteiger partial charge on any atom is 0.263 e. The van der Waals surface area contributed by atoms with Crippen LogP contribution in [0, 0.1) is 12.7 Å². The van der Waals surface area contributed by atoms with E-state index in [9.17, 15) is 14.3 Å². The van der Waals surface area contributed by atoms with E-state index in [2.05, 4.69) is 10.3 Å². The Balaban J connectivity index is 2.14. The number of benzene rings is 1. The number of thiazole rings is 1. The number of rotatable bonds is 5. The molecule has 0 unspecified atom stereocenters. The third-order valence-electron chi connectivity index (χ3n) is 3.16. The summed E-state index contributed by atoms with van der Waals surface area (Å²) in [7, 11) is 0. The zero-order valence-corrected chi connectivity index (χ0v) is 13.6. The van der Waals surface area contributed by atoms with E-state index in [4.69, 9.17) is 0 Å². The smallest absolute Gasteiger partial charge is 0.263 e. The van der Waals surface area contributed by atoms with E-state index in [-0.39, 0.29) is 18.3 Å². The number of aliphatic hydroxyl groups is 1. The third kappa shape index (κ3) is 4.11. The van der Waals surface area contributed by atoms with Gasteiger partial charge in [-0.15, -0.1) is 11.3 Å². The van der Waals surface area contributed by atoms with Gasteiger partial charge in [0, 0.05) is 6.42 Å². The largest absolute Gasteiger partial charge is 0.394 e. The lowest BCUT2D eigenvalue weighted by atomic mass is 10.1. The van der Waals surface area contributed by atoms with E-state index in [0.29, 0.717) is 17.0 Å². The van der Waals surface area contributed by atoms with Crippen LogP contribution in [-0.2, 0) is 6.42 Å². The van der Waals surface area contributed by atoms with E-state index >= 15 is 0 Å². The van der Waals surface area contributed by atoms with Crippen molar-refractivity contribution in [1.82, 2.24) is 10.3 Å². The monoisotopic (exact) mass is 322 g/mol. The average Bonchev–Trinajstić information content (AvgIpc) is 2.82. The fourth-order valence-electron chi connectivity index (χ4n) is 1.92. The van der Waals surface area contributed by atoms with Crippen molar-refractivity contribution in [2.24, 2.45) is 0 Å². The molecule has 0 saturated carbocycles. The molecule has 0 radical (unpaired) electrons. The average molecular weight is 322 g/mol. The molecule has 22 heavy (non-hydrogen) atoms. The number of carbonyl (C=O) groups is 1. The van der Waals surface area contributed by atoms with Crippen molar-refractivity contribution in [3.8, 4) is 0 Å². The Hall–Kier alpha value is -1.79. The summed E-state index contributed by atoms with van der Waals surface area (Å²) in [5.41, 5.74) is 0.927. The van der Waals surface area contributed by atoms with Gasteiger partial charge in [-0.05, 0) is 38.5 Å². The molecule has 1 amide bonds. The first-order valence-corrected chi connectivity index (χ1v) is 7.76. The lowest BCUT2D eigenvalue weighted by Gasteiger charge is -2.22. The number of aryl methyl sites for hydroxylation is 1. The Labute approximate surface area is 133 Å². The number of nitrogens with one attached hydrogen (secondary N) is 1. The summed E-state index contributed by atoms with van der Waals surface area (Å²) in [6.07, 6.45) is 0.558. The van der Waals surface area contributed by atoms with Crippen LogP contribution in [0.3, 0.4) is 0 Å². The minimum absolute atomic E-state index is 0.140. The van der Waals surface area contributed by atoms with Gasteiger partial charge < -0.3 is 10.4 Å². The lowest BCUT2D eigenvalue weighted by Crippen LogP contribution is -2.46. The molecule has 2 N–H and O–H groups in total. The first kappa shape index (κ1) is 16.6. The second-order valence-electron chi connectivity index (χ2n) is 5.82. The number of hydrogen-bond acceptors (Lipinski definition) is 4. The second kappa shape index (κ2) is 6.54. The first-order valence-electron chi connectivity index (χ1n) is 6.95. The number of carbonyl (C=O) groups excluding carboxylic acids is 1. The van der Waals surface area contributed by atoms with Gasteiger partial charge >= 0.3 is 0 Å². The summed E-state index contributed by atoms with van der Waals surface area (Å²) in [5, 5.41) is 12.8. The van der Waals surface area contributed by atoms with E-state index in [0.717, 1.165) is 10.6 Å². The van der Waals surface area contributed by atoms with Crippen LogP contribution in [0.25, 0.3) is 0 Å². The lowest BCUT2D eigenvalue weighted by molar-refractivity contribution is 0.0872. The zero-order chi connectivity index (χ0) is 16.3. The van der Waals surface area contributed by atoms with Gasteiger partial charge in [-0.25, -0.2) is 9.37 Å². The van der Waals surface area contributed by atoms with Crippen LogP contribution in [0.15, 0.2) is 24.3 Å². The number of aromatic nitrogens is 1. The van der Waals surface area contributed by atoms with Crippen LogP contribution in [0.5, 0.6) is 0 Å². The Morgan fingerprint density at radius 1 is 1.36 bits per heavy atom. The number of halogens is 1. The summed E-state index contributed by atoms with van der Waals surface area (Å²) in [6.45, 7) is 5.14. The van der Waals surface area contributed by atoms with Gasteiger partial charge in [0.2, 0.25) is 0 Å². The Morgan fingerprint density at radius 2 is 2.00 bits per heavy atom. The van der Waals surface area contributed by atoms with Gasteiger partial charge in [-0.3, -0.25) is 4.79 Å². The minimum Gasteiger partial charge on any atom is -0.394 e. The van der Waals surface area contributed by atoms with Crippen molar-refractivity contribution in [2.45, 2.75) is 32.7 Å². The molecule has 1 aromatic carbocycles. The highest BCUT2D eigenvalue weighted by Gasteiger charge is 2.23. The predicted molar refractivity (Wildman–Crippen MR) is 84.7 cm³/mol. The fourth-order valence-corrected chi connectivity index (χ4v) is 2.91. The van der Waals surface area contributed by atoms with Gasteiger partial charge in [0.05, 0.1) is 22.8 Å². The van der Waals surface area contributed by atoms with Crippen molar-refractivity contribution in [1.29, 1.82) is 0 Å². The summed E-state index contributed by atoms with van der Waals surface area (Å²) in [4.78, 5) is 17.2. The third-order valence-corrected chi connectivity index (χ3v) is 4.32. The van der Waals surface area contributed by atoms with Crippen LogP contribution >= 0.6 is 11.3 Å². The number of aliphatic hydroxyl groups excluding tert-OH is 1. The quantitative estimate of drug-likeness (QED) is 0.889. The molecule has 0 bridgehead atoms. The van der Waals surface area contributed by atoms with E-state index in [1.165, 1.54) is 23.5 Å². The standard InChI is InChI=1S/C16H19FN2O2S/c1-10-14(15(21)19-16(2,3)9-20)22-13(18-10)8-11-4-6-12(17)7-5-11/h4-7,20H,8-9H2,1-3H3,(H,19,21). The number of hydrogen-bond donors (Lipinski definition) is 2. The molecule has 0 aliphatic carbocycles. The summed E-state index contributed by atoms with van der Waals surface area (Å²) in [5.74, 6) is -0.509. The highest BCUT2D eigenvalue weighted by Crippen LogP contribution is 2.21. The Bertz CT molecular complexity index is 665. The van der Waals surface area contributed by atoms with E-state index in [1.54, 1.807) is 32.9 Å². The molecule has 2 rings (SSSR count). The molecule has 0 saturated heterocycles. The van der Waals surface area contributed by atoms with Gasteiger partial charge in [0.15, 0.2) is 0 Å². The maximum absolute atomic E-state index is 12.9. The van der Waals surface area contributed by atoms with E-state index in [1.807, 2.05) is 0 Å². The normalized spacial score (nSPS) is 11.5. The molecular formula is C16H19FN2O2S. The molecule has 2 aromatic rings. The Kier molecular flexibility index (Phi) is 4.93. The number of nitrogens with zero attached hydrogens (tertiary/aromatic N) is 1. The van der Waals surface area contributed by atoms with Gasteiger partial charge in [0.25, 0.3) is 5.91 Å². The van der Waals surface area contributed by atoms with Crippen LogP contribution in [0.2, 0.25) is 0 Å². The SMILES string of the molecule is Cc1nc(Cc2ccc(F)cc2)sc1C(=O)NC(C)(C)CO. The zero-order valence-electron chi connectivity index (χ0n) is 12.8. The van der Waals surface area contributed by atoms with Crippen molar-refractivity contribution < 1.29 is 14.3 Å². The molecule has 0 spiro atoms. The van der Waals surface area contributed by atoms with Gasteiger partial charge in [0.1, 0.15) is 10.7 Å². The number of amides is 1. The summed E-state index contributed by atoms with van der Waals surface area (Å²) >= 11 is 1.32. The van der Waals surface area contributed by atoms with Crippen molar-refractivity contribution in [3.05, 3.63) is 51.2 Å². The highest BCUT2D eigenvalue weighted by molar-refractivity contribution is 7.13. The molecule has 0 aliphatic heterocycles. The predicted octanol–water partition coefficient (Wildman–Crippen LogP) is 2.68. The summed E-state index contributed by atoms with van der Waals surface area (Å²) in [6, 6.07) is 6.24. The molecule has 1 heterocycles. The van der Waals surface area contributed by atoms with Crippen molar-refractivity contribution in [2.75, 3.05) is 6.61 Å². The molecule has 118 valence electrons. The van der Waals surface area contributed by atoms with Crippen LogP contribution < -0.4 is 5.32 Å². The molecule has 6 heteroatoms. The fraction of sp³-hybridized carbons (Fsp3) is 0.375. The van der Waals surface area contributed by atoms with Crippen LogP contribution in [0.4, 0.5) is 4.39 Å². The second-order valence-corrected chi connectivity index (χ2v) is 6.91. The van der Waals surface area contributed by atoms with Crippen LogP contribution in [-0.4, -0.2) is 28.1 Å². The topological polar surface area (TPSA) is 62.2 Å². The molecule has 0 aliphatic rings. The molecule has 0 fully saturated rings. The first-order chi connectivity index (χ1) is 10.3.